The molecule has 1 heterocycles. The molecule has 0 unspecified atom stereocenters. The zero-order chi connectivity index (χ0) is 13.9. The average molecular weight is 295 g/mol. The molecule has 0 saturated heterocycles. The quantitative estimate of drug-likeness (QED) is 0.921. The highest BCUT2D eigenvalue weighted by Gasteiger charge is 2.26. The molecule has 102 valence electrons. The fourth-order valence-electron chi connectivity index (χ4n) is 1.97. The first-order chi connectivity index (χ1) is 8.89. The Hall–Kier alpha value is -1.17. The molecule has 0 spiro atoms. The first kappa shape index (κ1) is 14.2. The lowest BCUT2D eigenvalue weighted by molar-refractivity contribution is 0.451. The molecule has 1 aromatic carbocycles. The van der Waals surface area contributed by atoms with E-state index in [1.807, 2.05) is 44.2 Å². The van der Waals surface area contributed by atoms with Crippen molar-refractivity contribution in [3.8, 4) is 0 Å². The highest BCUT2D eigenvalue weighted by atomic mass is 32.2. The van der Waals surface area contributed by atoms with E-state index in [1.54, 1.807) is 17.5 Å². The van der Waals surface area contributed by atoms with Gasteiger partial charge in [0.05, 0.1) is 0 Å². The molecule has 1 aromatic heterocycles. The summed E-state index contributed by atoms with van der Waals surface area (Å²) < 4.78 is 27.5. The molecule has 0 aliphatic rings. The lowest BCUT2D eigenvalue weighted by Crippen LogP contribution is -2.44. The van der Waals surface area contributed by atoms with Crippen molar-refractivity contribution in [2.75, 3.05) is 0 Å². The van der Waals surface area contributed by atoms with Crippen LogP contribution in [0.3, 0.4) is 0 Å². The van der Waals surface area contributed by atoms with E-state index in [4.69, 9.17) is 0 Å². The maximum Gasteiger partial charge on any atom is 0.250 e. The third kappa shape index (κ3) is 3.89. The van der Waals surface area contributed by atoms with E-state index in [-0.39, 0.29) is 0 Å². The van der Waals surface area contributed by atoms with Crippen LogP contribution in [0.5, 0.6) is 0 Å². The first-order valence-corrected chi connectivity index (χ1v) is 8.37. The van der Waals surface area contributed by atoms with E-state index in [9.17, 15) is 8.42 Å². The summed E-state index contributed by atoms with van der Waals surface area (Å²) in [5.41, 5.74) is 0.589. The van der Waals surface area contributed by atoms with Crippen LogP contribution in [0, 0.1) is 0 Å². The number of benzene rings is 1. The van der Waals surface area contributed by atoms with Crippen LogP contribution < -0.4 is 4.72 Å². The van der Waals surface area contributed by atoms with Crippen LogP contribution in [0.15, 0.2) is 52.1 Å². The Morgan fingerprint density at radius 2 is 1.79 bits per heavy atom. The van der Waals surface area contributed by atoms with Gasteiger partial charge in [-0.15, -0.1) is 11.3 Å². The molecule has 0 amide bonds. The summed E-state index contributed by atoms with van der Waals surface area (Å²) in [7, 11) is -3.43. The second kappa shape index (κ2) is 5.45. The third-order valence-electron chi connectivity index (χ3n) is 2.66. The van der Waals surface area contributed by atoms with Gasteiger partial charge in [-0.25, -0.2) is 13.1 Å². The van der Waals surface area contributed by atoms with Gasteiger partial charge in [0.25, 0.3) is 10.0 Å². The molecule has 19 heavy (non-hydrogen) atoms. The molecule has 0 radical (unpaired) electrons. The molecule has 0 aliphatic carbocycles. The molecular formula is C14H17NO2S2. The molecule has 0 atom stereocenters. The number of thiophene rings is 1. The summed E-state index contributed by atoms with van der Waals surface area (Å²) in [6, 6.07) is 13.2. The average Bonchev–Trinajstić information content (AvgIpc) is 2.81. The van der Waals surface area contributed by atoms with Crippen molar-refractivity contribution in [3.05, 3.63) is 53.4 Å². The van der Waals surface area contributed by atoms with Crippen molar-refractivity contribution in [2.45, 2.75) is 30.0 Å². The van der Waals surface area contributed by atoms with Crippen molar-refractivity contribution >= 4 is 21.4 Å². The van der Waals surface area contributed by atoms with E-state index in [0.29, 0.717) is 10.6 Å². The van der Waals surface area contributed by atoms with Crippen LogP contribution in [-0.4, -0.2) is 14.0 Å². The zero-order valence-corrected chi connectivity index (χ0v) is 12.6. The first-order valence-electron chi connectivity index (χ1n) is 6.00. The molecule has 5 heteroatoms. The summed E-state index contributed by atoms with van der Waals surface area (Å²) in [4.78, 5) is 0. The van der Waals surface area contributed by atoms with E-state index in [1.165, 1.54) is 11.3 Å². The Morgan fingerprint density at radius 1 is 1.11 bits per heavy atom. The number of rotatable bonds is 5. The second-order valence-electron chi connectivity index (χ2n) is 5.08. The predicted octanol–water partition coefficient (Wildman–Crippen LogP) is 3.05. The molecule has 0 bridgehead atoms. The summed E-state index contributed by atoms with van der Waals surface area (Å²) in [5, 5.41) is 1.76. The van der Waals surface area contributed by atoms with Crippen molar-refractivity contribution in [2.24, 2.45) is 0 Å². The van der Waals surface area contributed by atoms with Crippen LogP contribution in [0.2, 0.25) is 0 Å². The fraction of sp³-hybridized carbons (Fsp3) is 0.286. The number of nitrogens with one attached hydrogen (secondary N) is 1. The minimum atomic E-state index is -3.43. The fourth-order valence-corrected chi connectivity index (χ4v) is 4.38. The van der Waals surface area contributed by atoms with Gasteiger partial charge in [-0.05, 0) is 37.3 Å². The summed E-state index contributed by atoms with van der Waals surface area (Å²) in [6.45, 7) is 3.79. The summed E-state index contributed by atoms with van der Waals surface area (Å²) in [6.07, 6.45) is 0.651. The van der Waals surface area contributed by atoms with Crippen LogP contribution in [0.25, 0.3) is 0 Å². The number of hydrogen-bond donors (Lipinski definition) is 1. The van der Waals surface area contributed by atoms with E-state index in [0.717, 1.165) is 5.56 Å². The molecule has 0 fully saturated rings. The SMILES string of the molecule is CC(C)(Cc1ccccc1)NS(=O)(=O)c1cccs1. The molecule has 3 nitrogen and oxygen atoms in total. The standard InChI is InChI=1S/C14H17NO2S2/c1-14(2,11-12-7-4-3-5-8-12)15-19(16,17)13-9-6-10-18-13/h3-10,15H,11H2,1-2H3. The Labute approximate surface area is 118 Å². The lowest BCUT2D eigenvalue weighted by Gasteiger charge is -2.25. The lowest BCUT2D eigenvalue weighted by atomic mass is 9.96. The number of sulfonamides is 1. The van der Waals surface area contributed by atoms with Gasteiger partial charge in [0.15, 0.2) is 0 Å². The Bertz CT molecular complexity index is 617. The van der Waals surface area contributed by atoms with E-state index in [2.05, 4.69) is 4.72 Å². The maximum absolute atomic E-state index is 12.2. The highest BCUT2D eigenvalue weighted by Crippen LogP contribution is 2.20. The van der Waals surface area contributed by atoms with Gasteiger partial charge in [-0.3, -0.25) is 0 Å². The predicted molar refractivity (Wildman–Crippen MR) is 78.9 cm³/mol. The van der Waals surface area contributed by atoms with E-state index >= 15 is 0 Å². The summed E-state index contributed by atoms with van der Waals surface area (Å²) >= 11 is 1.23. The molecular weight excluding hydrogens is 278 g/mol. The van der Waals surface area contributed by atoms with Gasteiger partial charge < -0.3 is 0 Å². The second-order valence-corrected chi connectivity index (χ2v) is 7.94. The van der Waals surface area contributed by atoms with Crippen molar-refractivity contribution in [1.29, 1.82) is 0 Å². The molecule has 0 saturated carbocycles. The topological polar surface area (TPSA) is 46.2 Å². The van der Waals surface area contributed by atoms with Crippen molar-refractivity contribution in [1.82, 2.24) is 4.72 Å². The van der Waals surface area contributed by atoms with E-state index < -0.39 is 15.6 Å². The van der Waals surface area contributed by atoms with Crippen LogP contribution in [-0.2, 0) is 16.4 Å². The van der Waals surface area contributed by atoms with Gasteiger partial charge in [0, 0.05) is 5.54 Å². The minimum absolute atomic E-state index is 0.355. The van der Waals surface area contributed by atoms with Gasteiger partial charge in [-0.1, -0.05) is 36.4 Å². The maximum atomic E-state index is 12.2. The molecule has 0 aliphatic heterocycles. The third-order valence-corrected chi connectivity index (χ3v) is 5.76. The molecule has 2 rings (SSSR count). The summed E-state index contributed by atoms with van der Waals surface area (Å²) in [5.74, 6) is 0. The Kier molecular flexibility index (Phi) is 4.08. The van der Waals surface area contributed by atoms with Gasteiger partial charge in [-0.2, -0.15) is 0 Å². The van der Waals surface area contributed by atoms with Crippen molar-refractivity contribution in [3.63, 3.8) is 0 Å². The normalized spacial score (nSPS) is 12.5. The monoisotopic (exact) mass is 295 g/mol. The minimum Gasteiger partial charge on any atom is -0.206 e. The van der Waals surface area contributed by atoms with Crippen LogP contribution >= 0.6 is 11.3 Å². The van der Waals surface area contributed by atoms with Crippen LogP contribution in [0.1, 0.15) is 19.4 Å². The highest BCUT2D eigenvalue weighted by molar-refractivity contribution is 7.91. The molecule has 2 aromatic rings. The smallest absolute Gasteiger partial charge is 0.206 e. The van der Waals surface area contributed by atoms with Gasteiger partial charge >= 0.3 is 0 Å². The number of hydrogen-bond acceptors (Lipinski definition) is 3. The molecule has 1 N–H and O–H groups in total. The van der Waals surface area contributed by atoms with Gasteiger partial charge in [0.1, 0.15) is 4.21 Å². The van der Waals surface area contributed by atoms with Crippen molar-refractivity contribution < 1.29 is 8.42 Å². The zero-order valence-electron chi connectivity index (χ0n) is 11.0. The largest absolute Gasteiger partial charge is 0.250 e. The van der Waals surface area contributed by atoms with Gasteiger partial charge in [0.2, 0.25) is 0 Å². The Balaban J connectivity index is 2.13. The van der Waals surface area contributed by atoms with Crippen LogP contribution in [0.4, 0.5) is 0 Å². The Morgan fingerprint density at radius 3 is 2.37 bits per heavy atom.